The van der Waals surface area contributed by atoms with Gasteiger partial charge in [-0.05, 0) is 0 Å². The van der Waals surface area contributed by atoms with Crippen LogP contribution in [0.4, 0.5) is 0 Å². The number of hydrogen-bond acceptors (Lipinski definition) is 4. The maximum absolute atomic E-state index is 10.1. The summed E-state index contributed by atoms with van der Waals surface area (Å²) >= 11 is 0. The largest absolute Gasteiger partial charge is 0.384 e. The Bertz CT molecular complexity index is 101. The first-order valence-corrected chi connectivity index (χ1v) is 3.57. The van der Waals surface area contributed by atoms with Crippen molar-refractivity contribution in [2.45, 2.75) is 0 Å². The summed E-state index contributed by atoms with van der Waals surface area (Å²) in [6.07, 6.45) is -0.965. The van der Waals surface area contributed by atoms with E-state index in [0.717, 1.165) is 0 Å². The first-order chi connectivity index (χ1) is 3.62. The highest BCUT2D eigenvalue weighted by Crippen LogP contribution is 2.39. The van der Waals surface area contributed by atoms with Crippen molar-refractivity contribution in [2.75, 3.05) is 13.1 Å². The van der Waals surface area contributed by atoms with Crippen LogP contribution in [0.5, 0.6) is 0 Å². The maximum atomic E-state index is 10.1. The zero-order valence-electron chi connectivity index (χ0n) is 4.02. The highest BCUT2D eigenvalue weighted by molar-refractivity contribution is 7.52. The van der Waals surface area contributed by atoms with Crippen LogP contribution in [-0.4, -0.2) is 28.2 Å². The van der Waals surface area contributed by atoms with Gasteiger partial charge in [-0.25, -0.2) is 0 Å². The lowest BCUT2D eigenvalue weighted by Gasteiger charge is -2.03. The standard InChI is InChI=1S/C2H7O5P/c3-1-7-8(5,6)2-4/h3-4H,1-2H2,(H,5,6). The number of rotatable bonds is 3. The highest BCUT2D eigenvalue weighted by atomic mass is 31.2. The van der Waals surface area contributed by atoms with Crippen LogP contribution >= 0.6 is 7.60 Å². The Labute approximate surface area is 46.1 Å². The Kier molecular flexibility index (Phi) is 3.19. The van der Waals surface area contributed by atoms with Crippen LogP contribution in [0.15, 0.2) is 0 Å². The summed E-state index contributed by atoms with van der Waals surface area (Å²) in [6, 6.07) is 0. The Morgan fingerprint density at radius 2 is 2.00 bits per heavy atom. The molecule has 0 fully saturated rings. The molecule has 50 valence electrons. The van der Waals surface area contributed by atoms with Gasteiger partial charge in [0.15, 0.2) is 6.79 Å². The van der Waals surface area contributed by atoms with E-state index in [4.69, 9.17) is 15.1 Å². The van der Waals surface area contributed by atoms with Gasteiger partial charge in [0.05, 0.1) is 0 Å². The average Bonchev–Trinajstić information content (AvgIpc) is 1.67. The van der Waals surface area contributed by atoms with Crippen LogP contribution in [0.3, 0.4) is 0 Å². The van der Waals surface area contributed by atoms with E-state index in [1.165, 1.54) is 0 Å². The Morgan fingerprint density at radius 1 is 1.50 bits per heavy atom. The molecule has 0 aromatic carbocycles. The van der Waals surface area contributed by atoms with E-state index in [-0.39, 0.29) is 0 Å². The van der Waals surface area contributed by atoms with E-state index < -0.39 is 20.7 Å². The van der Waals surface area contributed by atoms with Gasteiger partial charge in [0.1, 0.15) is 6.35 Å². The summed E-state index contributed by atoms with van der Waals surface area (Å²) in [6.45, 7) is -0.853. The molecule has 0 aromatic rings. The molecular formula is C2H7O5P. The van der Waals surface area contributed by atoms with Gasteiger partial charge in [0.2, 0.25) is 0 Å². The van der Waals surface area contributed by atoms with E-state index in [0.29, 0.717) is 0 Å². The van der Waals surface area contributed by atoms with Crippen molar-refractivity contribution in [1.82, 2.24) is 0 Å². The van der Waals surface area contributed by atoms with E-state index >= 15 is 0 Å². The molecule has 5 nitrogen and oxygen atoms in total. The molecule has 0 spiro atoms. The smallest absolute Gasteiger partial charge is 0.355 e. The van der Waals surface area contributed by atoms with Crippen molar-refractivity contribution in [1.29, 1.82) is 0 Å². The molecule has 0 aliphatic rings. The van der Waals surface area contributed by atoms with Crippen molar-refractivity contribution >= 4 is 7.60 Å². The van der Waals surface area contributed by atoms with Gasteiger partial charge >= 0.3 is 7.60 Å². The van der Waals surface area contributed by atoms with Crippen LogP contribution < -0.4 is 0 Å². The summed E-state index contributed by atoms with van der Waals surface area (Å²) in [5.74, 6) is 0. The molecule has 6 heteroatoms. The lowest BCUT2D eigenvalue weighted by atomic mass is 11.6. The predicted molar refractivity (Wildman–Crippen MR) is 25.1 cm³/mol. The Hall–Kier alpha value is 0.0700. The lowest BCUT2D eigenvalue weighted by Crippen LogP contribution is -1.93. The fourth-order valence-corrected chi connectivity index (χ4v) is 0.393. The zero-order chi connectivity index (χ0) is 6.62. The molecule has 1 unspecified atom stereocenters. The quantitative estimate of drug-likeness (QED) is 0.350. The summed E-state index contributed by atoms with van der Waals surface area (Å²) < 4.78 is 13.9. The molecule has 0 aliphatic heterocycles. The molecule has 8 heavy (non-hydrogen) atoms. The minimum absolute atomic E-state index is 0.853. The number of aliphatic hydroxyl groups is 2. The van der Waals surface area contributed by atoms with Crippen molar-refractivity contribution < 1.29 is 24.2 Å². The van der Waals surface area contributed by atoms with Crippen molar-refractivity contribution in [3.63, 3.8) is 0 Å². The lowest BCUT2D eigenvalue weighted by molar-refractivity contribution is 0.0802. The Morgan fingerprint density at radius 3 is 2.12 bits per heavy atom. The van der Waals surface area contributed by atoms with Crippen LogP contribution in [-0.2, 0) is 9.09 Å². The summed E-state index contributed by atoms with van der Waals surface area (Å²) in [4.78, 5) is 8.25. The van der Waals surface area contributed by atoms with Gasteiger partial charge in [-0.1, -0.05) is 0 Å². The number of hydrogen-bond donors (Lipinski definition) is 3. The van der Waals surface area contributed by atoms with Gasteiger partial charge < -0.3 is 15.1 Å². The van der Waals surface area contributed by atoms with Gasteiger partial charge in [-0.2, -0.15) is 0 Å². The highest BCUT2D eigenvalue weighted by Gasteiger charge is 2.15. The molecule has 0 rings (SSSR count). The molecule has 0 saturated carbocycles. The zero-order valence-corrected chi connectivity index (χ0v) is 4.91. The van der Waals surface area contributed by atoms with E-state index in [1.807, 2.05) is 0 Å². The van der Waals surface area contributed by atoms with Crippen LogP contribution in [0.2, 0.25) is 0 Å². The fraction of sp³-hybridized carbons (Fsp3) is 1.00. The molecule has 0 amide bonds. The third-order valence-electron chi connectivity index (χ3n) is 0.438. The predicted octanol–water partition coefficient (Wildman–Crippen LogP) is -0.912. The second kappa shape index (κ2) is 3.17. The Balaban J connectivity index is 3.55. The molecule has 0 saturated heterocycles. The molecule has 0 bridgehead atoms. The average molecular weight is 142 g/mol. The molecule has 0 radical (unpaired) electrons. The first kappa shape index (κ1) is 8.07. The van der Waals surface area contributed by atoms with Crippen molar-refractivity contribution in [2.24, 2.45) is 0 Å². The minimum atomic E-state index is -3.87. The molecule has 0 aliphatic carbocycles. The van der Waals surface area contributed by atoms with Crippen LogP contribution in [0.1, 0.15) is 0 Å². The maximum Gasteiger partial charge on any atom is 0.355 e. The number of aliphatic hydroxyl groups excluding tert-OH is 2. The van der Waals surface area contributed by atoms with Crippen LogP contribution in [0.25, 0.3) is 0 Å². The van der Waals surface area contributed by atoms with Crippen LogP contribution in [0, 0.1) is 0 Å². The summed E-state index contributed by atoms with van der Waals surface area (Å²) in [5, 5.41) is 15.8. The van der Waals surface area contributed by atoms with E-state index in [9.17, 15) is 4.57 Å². The van der Waals surface area contributed by atoms with Crippen molar-refractivity contribution in [3.05, 3.63) is 0 Å². The second-order valence-electron chi connectivity index (χ2n) is 1.04. The van der Waals surface area contributed by atoms with Gasteiger partial charge in [-0.3, -0.25) is 9.09 Å². The molecule has 3 N–H and O–H groups in total. The van der Waals surface area contributed by atoms with E-state index in [2.05, 4.69) is 4.52 Å². The van der Waals surface area contributed by atoms with Gasteiger partial charge in [-0.15, -0.1) is 0 Å². The van der Waals surface area contributed by atoms with Crippen molar-refractivity contribution in [3.8, 4) is 0 Å². The van der Waals surface area contributed by atoms with E-state index in [1.54, 1.807) is 0 Å². The minimum Gasteiger partial charge on any atom is -0.384 e. The SMILES string of the molecule is O=P(O)(CO)OCO. The normalized spacial score (nSPS) is 17.9. The monoisotopic (exact) mass is 142 g/mol. The molecule has 0 heterocycles. The topological polar surface area (TPSA) is 87.0 Å². The first-order valence-electron chi connectivity index (χ1n) is 1.80. The van der Waals surface area contributed by atoms with Gasteiger partial charge in [0, 0.05) is 0 Å². The third-order valence-corrected chi connectivity index (χ3v) is 1.31. The third kappa shape index (κ3) is 3.12. The summed E-state index contributed by atoms with van der Waals surface area (Å²) in [5.41, 5.74) is 0. The molecular weight excluding hydrogens is 135 g/mol. The fourth-order valence-electron chi connectivity index (χ4n) is 0.131. The van der Waals surface area contributed by atoms with Gasteiger partial charge in [0.25, 0.3) is 0 Å². The summed E-state index contributed by atoms with van der Waals surface area (Å²) in [7, 11) is -3.87. The molecule has 1 atom stereocenters. The second-order valence-corrected chi connectivity index (χ2v) is 2.85. The molecule has 0 aromatic heterocycles.